The number of fused-ring (bicyclic) bond motifs is 1. The van der Waals surface area contributed by atoms with E-state index in [4.69, 9.17) is 8.92 Å². The zero-order valence-electron chi connectivity index (χ0n) is 12.1. The molecule has 6 atom stereocenters. The van der Waals surface area contributed by atoms with E-state index in [0.717, 1.165) is 0 Å². The summed E-state index contributed by atoms with van der Waals surface area (Å²) < 4.78 is 61.7. The minimum absolute atomic E-state index is 0.198. The summed E-state index contributed by atoms with van der Waals surface area (Å²) in [4.78, 5) is 10.7. The van der Waals surface area contributed by atoms with Gasteiger partial charge in [-0.1, -0.05) is 13.8 Å². The van der Waals surface area contributed by atoms with Crippen molar-refractivity contribution in [3.05, 3.63) is 0 Å². The van der Waals surface area contributed by atoms with Gasteiger partial charge in [-0.3, -0.25) is 4.18 Å². The van der Waals surface area contributed by atoms with Gasteiger partial charge in [0.1, 0.15) is 18.2 Å². The molecule has 0 aromatic carbocycles. The molecule has 0 spiro atoms. The van der Waals surface area contributed by atoms with E-state index in [1.165, 1.54) is 13.8 Å². The van der Waals surface area contributed by atoms with E-state index < -0.39 is 51.5 Å². The maximum atomic E-state index is 13.8. The lowest BCUT2D eigenvalue weighted by Gasteiger charge is -2.36. The van der Waals surface area contributed by atoms with E-state index in [2.05, 4.69) is 0 Å². The quantitative estimate of drug-likeness (QED) is 0.651. The average molecular weight is 339 g/mol. The van der Waals surface area contributed by atoms with Crippen molar-refractivity contribution in [1.29, 1.82) is 0 Å². The lowest BCUT2D eigenvalue weighted by atomic mass is 9.93. The van der Waals surface area contributed by atoms with Crippen molar-refractivity contribution in [3.8, 4) is 0 Å². The fourth-order valence-electron chi connectivity index (χ4n) is 4.02. The molecule has 1 aliphatic heterocycles. The van der Waals surface area contributed by atoms with Crippen LogP contribution in [0.3, 0.4) is 0 Å². The highest BCUT2D eigenvalue weighted by Gasteiger charge is 2.65. The second-order valence-corrected chi connectivity index (χ2v) is 8.45. The third-order valence-electron chi connectivity index (χ3n) is 4.95. The highest BCUT2D eigenvalue weighted by Crippen LogP contribution is 2.56. The van der Waals surface area contributed by atoms with Crippen LogP contribution in [-0.4, -0.2) is 43.9 Å². The fraction of sp³-hybridized carbons (Fsp3) is 0.923. The van der Waals surface area contributed by atoms with Gasteiger partial charge in [0.25, 0.3) is 10.1 Å². The van der Waals surface area contributed by atoms with Gasteiger partial charge < -0.3 is 14.6 Å². The molecule has 1 heterocycles. The number of halogens is 2. The number of carboxylic acid groups (broad SMARTS) is 1. The number of carbonyl (C=O) groups is 1. The molecule has 0 radical (unpaired) electrons. The van der Waals surface area contributed by atoms with Crippen molar-refractivity contribution in [1.82, 2.24) is 0 Å². The summed E-state index contributed by atoms with van der Waals surface area (Å²) in [5.41, 5.74) is 0. The number of rotatable bonds is 5. The Morgan fingerprint density at radius 2 is 2.00 bits per heavy atom. The first-order valence-corrected chi connectivity index (χ1v) is 8.69. The molecule has 22 heavy (non-hydrogen) atoms. The molecule has 3 rings (SSSR count). The number of carbonyl (C=O) groups excluding carboxylic acids is 1. The SMILES string of the molecule is CC(C)C(OC1C2CC3C1OS(=O)(=O)C3C2)C(F)(F)C(=O)[O-]. The molecule has 126 valence electrons. The van der Waals surface area contributed by atoms with Crippen molar-refractivity contribution in [2.24, 2.45) is 17.8 Å². The summed E-state index contributed by atoms with van der Waals surface area (Å²) in [5, 5.41) is 10.1. The minimum atomic E-state index is -4.15. The lowest BCUT2D eigenvalue weighted by molar-refractivity contribution is -0.341. The van der Waals surface area contributed by atoms with Crippen molar-refractivity contribution >= 4 is 16.1 Å². The van der Waals surface area contributed by atoms with Crippen molar-refractivity contribution in [2.45, 2.75) is 56.2 Å². The maximum Gasteiger partial charge on any atom is 0.312 e. The van der Waals surface area contributed by atoms with Crippen LogP contribution in [0, 0.1) is 17.8 Å². The van der Waals surface area contributed by atoms with Gasteiger partial charge in [0.15, 0.2) is 0 Å². The number of hydrogen-bond acceptors (Lipinski definition) is 6. The van der Waals surface area contributed by atoms with Crippen LogP contribution >= 0.6 is 0 Å². The Morgan fingerprint density at radius 3 is 2.55 bits per heavy atom. The Hall–Kier alpha value is -0.800. The smallest absolute Gasteiger partial charge is 0.312 e. The maximum absolute atomic E-state index is 13.8. The number of aliphatic carboxylic acids is 1. The standard InChI is InChI=1S/C13H18F2O6S/c1-5(2)11(13(14,15)12(16)17)20-9-6-3-7-8(4-6)22(18,19)21-10(7)9/h5-11H,3-4H2,1-2H3,(H,16,17)/p-1. The van der Waals surface area contributed by atoms with Gasteiger partial charge in [0, 0.05) is 5.92 Å². The molecule has 2 bridgehead atoms. The second kappa shape index (κ2) is 4.85. The molecular formula is C13H17F2O6S-. The van der Waals surface area contributed by atoms with E-state index in [9.17, 15) is 27.1 Å². The van der Waals surface area contributed by atoms with E-state index in [-0.39, 0.29) is 11.8 Å². The first-order valence-electron chi connectivity index (χ1n) is 7.22. The first-order chi connectivity index (χ1) is 10.1. The Kier molecular flexibility index (Phi) is 3.54. The van der Waals surface area contributed by atoms with Gasteiger partial charge >= 0.3 is 5.92 Å². The molecule has 1 saturated heterocycles. The number of hydrogen-bond donors (Lipinski definition) is 0. The summed E-state index contributed by atoms with van der Waals surface area (Å²) in [6.07, 6.45) is -2.63. The third-order valence-corrected chi connectivity index (χ3v) is 6.73. The topological polar surface area (TPSA) is 92.7 Å². The van der Waals surface area contributed by atoms with E-state index in [0.29, 0.717) is 12.8 Å². The molecule has 2 saturated carbocycles. The summed E-state index contributed by atoms with van der Waals surface area (Å²) >= 11 is 0. The van der Waals surface area contributed by atoms with Crippen LogP contribution in [0.5, 0.6) is 0 Å². The van der Waals surface area contributed by atoms with E-state index in [1.54, 1.807) is 0 Å². The highest BCUT2D eigenvalue weighted by atomic mass is 32.2. The summed E-state index contributed by atoms with van der Waals surface area (Å²) in [7, 11) is -3.67. The number of ether oxygens (including phenoxy) is 1. The van der Waals surface area contributed by atoms with Gasteiger partial charge in [-0.2, -0.15) is 17.2 Å². The molecule has 6 unspecified atom stereocenters. The monoisotopic (exact) mass is 339 g/mol. The molecule has 3 aliphatic rings. The van der Waals surface area contributed by atoms with Gasteiger partial charge in [0.2, 0.25) is 0 Å². The molecule has 6 nitrogen and oxygen atoms in total. The minimum Gasteiger partial charge on any atom is -0.544 e. The molecule has 0 amide bonds. The van der Waals surface area contributed by atoms with Crippen LogP contribution in [0.25, 0.3) is 0 Å². The van der Waals surface area contributed by atoms with Gasteiger partial charge in [-0.15, -0.1) is 0 Å². The van der Waals surface area contributed by atoms with Gasteiger partial charge in [-0.05, 0) is 24.7 Å². The van der Waals surface area contributed by atoms with Crippen LogP contribution in [0.4, 0.5) is 8.78 Å². The Balaban J connectivity index is 1.83. The third kappa shape index (κ3) is 2.16. The second-order valence-electron chi connectivity index (χ2n) is 6.66. The zero-order chi connectivity index (χ0) is 16.4. The van der Waals surface area contributed by atoms with E-state index >= 15 is 0 Å². The summed E-state index contributed by atoms with van der Waals surface area (Å²) in [6, 6.07) is 0. The first kappa shape index (κ1) is 16.1. The van der Waals surface area contributed by atoms with Crippen LogP contribution < -0.4 is 5.11 Å². The van der Waals surface area contributed by atoms with Crippen LogP contribution in [0.1, 0.15) is 26.7 Å². The number of alkyl halides is 2. The fourth-order valence-corrected chi connectivity index (χ4v) is 5.90. The molecular weight excluding hydrogens is 322 g/mol. The van der Waals surface area contributed by atoms with Crippen LogP contribution in [0.2, 0.25) is 0 Å². The van der Waals surface area contributed by atoms with Crippen LogP contribution in [-0.2, 0) is 23.8 Å². The molecule has 0 N–H and O–H groups in total. The Labute approximate surface area is 126 Å². The number of carboxylic acids is 1. The average Bonchev–Trinajstić information content (AvgIpc) is 2.97. The van der Waals surface area contributed by atoms with Crippen molar-refractivity contribution in [2.75, 3.05) is 0 Å². The van der Waals surface area contributed by atoms with Gasteiger partial charge in [-0.25, -0.2) is 0 Å². The predicted molar refractivity (Wildman–Crippen MR) is 67.2 cm³/mol. The van der Waals surface area contributed by atoms with Crippen molar-refractivity contribution in [3.63, 3.8) is 0 Å². The predicted octanol–water partition coefficient (Wildman–Crippen LogP) is -0.0816. The molecule has 3 fully saturated rings. The summed E-state index contributed by atoms with van der Waals surface area (Å²) in [5.74, 6) is -7.86. The normalized spacial score (nSPS) is 40.3. The molecule has 0 aromatic heterocycles. The zero-order valence-corrected chi connectivity index (χ0v) is 12.9. The van der Waals surface area contributed by atoms with Crippen molar-refractivity contribution < 1.29 is 36.0 Å². The van der Waals surface area contributed by atoms with Crippen LogP contribution in [0.15, 0.2) is 0 Å². The molecule has 2 aliphatic carbocycles. The van der Waals surface area contributed by atoms with Gasteiger partial charge in [0.05, 0.1) is 11.4 Å². The Morgan fingerprint density at radius 1 is 1.36 bits per heavy atom. The summed E-state index contributed by atoms with van der Waals surface area (Å²) in [6.45, 7) is 2.84. The lowest BCUT2D eigenvalue weighted by Crippen LogP contribution is -2.55. The largest absolute Gasteiger partial charge is 0.544 e. The Bertz CT molecular complexity index is 589. The highest BCUT2D eigenvalue weighted by molar-refractivity contribution is 7.87. The van der Waals surface area contributed by atoms with E-state index in [1.807, 2.05) is 0 Å². The molecule has 9 heteroatoms. The molecule has 0 aromatic rings.